The van der Waals surface area contributed by atoms with Gasteiger partial charge in [0.2, 0.25) is 5.91 Å². The molecule has 25 heavy (non-hydrogen) atoms. The van der Waals surface area contributed by atoms with Crippen molar-refractivity contribution in [1.29, 1.82) is 0 Å². The molecule has 0 radical (unpaired) electrons. The molecule has 0 spiro atoms. The average molecular weight is 352 g/mol. The number of rotatable bonds is 7. The Kier molecular flexibility index (Phi) is 4.57. The number of anilines is 1. The molecule has 1 saturated carbocycles. The van der Waals surface area contributed by atoms with Crippen LogP contribution in [0.4, 0.5) is 14.6 Å². The third-order valence-corrected chi connectivity index (χ3v) is 4.53. The number of alkyl halides is 2. The fourth-order valence-corrected chi connectivity index (χ4v) is 3.08. The number of nitrogens with zero attached hydrogens (tertiary/aromatic N) is 4. The van der Waals surface area contributed by atoms with Crippen LogP contribution in [0, 0.1) is 5.41 Å². The van der Waals surface area contributed by atoms with E-state index < -0.39 is 17.9 Å². The molecular formula is C16H22F2N6O. The summed E-state index contributed by atoms with van der Waals surface area (Å²) in [4.78, 5) is 20.5. The third kappa shape index (κ3) is 3.69. The van der Waals surface area contributed by atoms with Gasteiger partial charge in [-0.3, -0.25) is 9.48 Å². The largest absolute Gasteiger partial charge is 0.368 e. The van der Waals surface area contributed by atoms with Crippen LogP contribution in [-0.2, 0) is 11.3 Å². The maximum Gasteiger partial charge on any atom is 0.264 e. The summed E-state index contributed by atoms with van der Waals surface area (Å²) in [6.07, 6.45) is 5.50. The van der Waals surface area contributed by atoms with Crippen molar-refractivity contribution in [2.45, 2.75) is 45.6 Å². The molecule has 0 unspecified atom stereocenters. The van der Waals surface area contributed by atoms with Gasteiger partial charge in [-0.2, -0.15) is 5.10 Å². The van der Waals surface area contributed by atoms with Crippen molar-refractivity contribution in [3.8, 4) is 0 Å². The van der Waals surface area contributed by atoms with Crippen LogP contribution in [0.15, 0.2) is 12.5 Å². The Morgan fingerprint density at radius 3 is 2.76 bits per heavy atom. The standard InChI is InChI=1S/C16H22F2N6O/c1-3-19-14(25)16(5-4-6-16)8-20-12-11-7-24(9-15(2,17)18)23-13(11)22-10-21-12/h7,10H,3-6,8-9H2,1-2H3,(H,19,25)(H,20,21,22,23). The Hall–Kier alpha value is -2.32. The molecule has 0 saturated heterocycles. The number of hydrogen-bond donors (Lipinski definition) is 2. The zero-order valence-corrected chi connectivity index (χ0v) is 14.4. The lowest BCUT2D eigenvalue weighted by Gasteiger charge is -2.40. The summed E-state index contributed by atoms with van der Waals surface area (Å²) in [5.41, 5.74) is -0.0814. The molecule has 2 aromatic rings. The van der Waals surface area contributed by atoms with Crippen molar-refractivity contribution in [3.63, 3.8) is 0 Å². The van der Waals surface area contributed by atoms with Gasteiger partial charge < -0.3 is 10.6 Å². The van der Waals surface area contributed by atoms with E-state index >= 15 is 0 Å². The van der Waals surface area contributed by atoms with Gasteiger partial charge in [-0.15, -0.1) is 0 Å². The summed E-state index contributed by atoms with van der Waals surface area (Å²) in [7, 11) is 0. The lowest BCUT2D eigenvalue weighted by molar-refractivity contribution is -0.134. The minimum Gasteiger partial charge on any atom is -0.368 e. The predicted molar refractivity (Wildman–Crippen MR) is 89.4 cm³/mol. The second kappa shape index (κ2) is 6.53. The van der Waals surface area contributed by atoms with Gasteiger partial charge in [-0.1, -0.05) is 6.42 Å². The number of carbonyl (C=O) groups excluding carboxylic acids is 1. The molecule has 2 heterocycles. The van der Waals surface area contributed by atoms with Crippen molar-refractivity contribution in [1.82, 2.24) is 25.1 Å². The molecule has 7 nitrogen and oxygen atoms in total. The maximum absolute atomic E-state index is 13.2. The van der Waals surface area contributed by atoms with Crippen molar-refractivity contribution in [3.05, 3.63) is 12.5 Å². The number of amides is 1. The van der Waals surface area contributed by atoms with Crippen LogP contribution in [0.5, 0.6) is 0 Å². The van der Waals surface area contributed by atoms with E-state index in [1.165, 1.54) is 17.2 Å². The summed E-state index contributed by atoms with van der Waals surface area (Å²) in [5.74, 6) is -2.32. The van der Waals surface area contributed by atoms with Crippen LogP contribution < -0.4 is 10.6 Å². The highest BCUT2D eigenvalue weighted by molar-refractivity contribution is 5.87. The molecule has 136 valence electrons. The first kappa shape index (κ1) is 17.5. The van der Waals surface area contributed by atoms with Crippen molar-refractivity contribution in [2.75, 3.05) is 18.4 Å². The second-order valence-electron chi connectivity index (χ2n) is 6.70. The molecule has 2 aromatic heterocycles. The Balaban J connectivity index is 1.78. The van der Waals surface area contributed by atoms with Crippen molar-refractivity contribution < 1.29 is 13.6 Å². The van der Waals surface area contributed by atoms with Crippen LogP contribution in [0.1, 0.15) is 33.1 Å². The Bertz CT molecular complexity index is 766. The smallest absolute Gasteiger partial charge is 0.264 e. The summed E-state index contributed by atoms with van der Waals surface area (Å²) < 4.78 is 27.6. The van der Waals surface area contributed by atoms with Crippen LogP contribution >= 0.6 is 0 Å². The van der Waals surface area contributed by atoms with Crippen molar-refractivity contribution >= 4 is 22.8 Å². The highest BCUT2D eigenvalue weighted by atomic mass is 19.3. The van der Waals surface area contributed by atoms with Gasteiger partial charge in [-0.05, 0) is 19.8 Å². The maximum atomic E-state index is 13.2. The lowest BCUT2D eigenvalue weighted by atomic mass is 9.68. The first-order valence-corrected chi connectivity index (χ1v) is 8.41. The minimum absolute atomic E-state index is 0.0420. The second-order valence-corrected chi connectivity index (χ2v) is 6.70. The van der Waals surface area contributed by atoms with E-state index in [1.807, 2.05) is 6.92 Å². The average Bonchev–Trinajstić information content (AvgIpc) is 2.87. The van der Waals surface area contributed by atoms with Gasteiger partial charge in [0.05, 0.1) is 10.8 Å². The number of carbonyl (C=O) groups is 1. The molecule has 3 rings (SSSR count). The van der Waals surface area contributed by atoms with E-state index in [0.717, 1.165) is 26.2 Å². The van der Waals surface area contributed by atoms with Crippen LogP contribution in [0.2, 0.25) is 0 Å². The van der Waals surface area contributed by atoms with Gasteiger partial charge in [0.1, 0.15) is 18.7 Å². The minimum atomic E-state index is -2.86. The van der Waals surface area contributed by atoms with E-state index in [-0.39, 0.29) is 5.91 Å². The van der Waals surface area contributed by atoms with E-state index in [9.17, 15) is 13.6 Å². The predicted octanol–water partition coefficient (Wildman–Crippen LogP) is 2.20. The van der Waals surface area contributed by atoms with E-state index in [4.69, 9.17) is 0 Å². The number of hydrogen-bond acceptors (Lipinski definition) is 5. The fraction of sp³-hybridized carbons (Fsp3) is 0.625. The molecule has 0 bridgehead atoms. The fourth-order valence-electron chi connectivity index (χ4n) is 3.08. The Morgan fingerprint density at radius 2 is 2.16 bits per heavy atom. The molecule has 0 aromatic carbocycles. The molecule has 1 fully saturated rings. The van der Waals surface area contributed by atoms with Gasteiger partial charge in [0.25, 0.3) is 5.92 Å². The zero-order chi connectivity index (χ0) is 18.1. The SMILES string of the molecule is CCNC(=O)C1(CNc2ncnc3nn(CC(C)(F)F)cc23)CCC1. The molecule has 1 aliphatic rings. The highest BCUT2D eigenvalue weighted by Gasteiger charge is 2.43. The first-order valence-electron chi connectivity index (χ1n) is 8.41. The Morgan fingerprint density at radius 1 is 1.40 bits per heavy atom. The van der Waals surface area contributed by atoms with Gasteiger partial charge in [0, 0.05) is 26.2 Å². The summed E-state index contributed by atoms with van der Waals surface area (Å²) in [5, 5.41) is 10.7. The summed E-state index contributed by atoms with van der Waals surface area (Å²) >= 11 is 0. The first-order chi connectivity index (χ1) is 11.8. The van der Waals surface area contributed by atoms with Crippen LogP contribution in [0.25, 0.3) is 11.0 Å². The van der Waals surface area contributed by atoms with Crippen molar-refractivity contribution in [2.24, 2.45) is 5.41 Å². The molecule has 2 N–H and O–H groups in total. The molecular weight excluding hydrogens is 330 g/mol. The molecule has 0 aliphatic heterocycles. The number of halogens is 2. The van der Waals surface area contributed by atoms with E-state index in [0.29, 0.717) is 29.9 Å². The molecule has 1 amide bonds. The summed E-state index contributed by atoms with van der Waals surface area (Å²) in [6.45, 7) is 3.25. The zero-order valence-electron chi connectivity index (χ0n) is 14.4. The quantitative estimate of drug-likeness (QED) is 0.798. The topological polar surface area (TPSA) is 84.7 Å². The van der Waals surface area contributed by atoms with Gasteiger partial charge >= 0.3 is 0 Å². The third-order valence-electron chi connectivity index (χ3n) is 4.53. The highest BCUT2D eigenvalue weighted by Crippen LogP contribution is 2.41. The number of aromatic nitrogens is 4. The lowest BCUT2D eigenvalue weighted by Crippen LogP contribution is -2.49. The molecule has 1 aliphatic carbocycles. The molecule has 0 atom stereocenters. The van der Waals surface area contributed by atoms with E-state index in [2.05, 4.69) is 25.7 Å². The number of fused-ring (bicyclic) bond motifs is 1. The van der Waals surface area contributed by atoms with E-state index in [1.54, 1.807) is 0 Å². The Labute approximate surface area is 144 Å². The van der Waals surface area contributed by atoms with Gasteiger partial charge in [0.15, 0.2) is 5.65 Å². The van der Waals surface area contributed by atoms with Crippen LogP contribution in [0.3, 0.4) is 0 Å². The normalized spacial score (nSPS) is 16.5. The molecule has 9 heteroatoms. The monoisotopic (exact) mass is 352 g/mol. The van der Waals surface area contributed by atoms with Gasteiger partial charge in [-0.25, -0.2) is 18.7 Å². The summed E-state index contributed by atoms with van der Waals surface area (Å²) in [6, 6.07) is 0. The number of nitrogens with one attached hydrogen (secondary N) is 2. The van der Waals surface area contributed by atoms with Crippen LogP contribution in [-0.4, -0.2) is 44.7 Å².